The van der Waals surface area contributed by atoms with Crippen LogP contribution in [0.25, 0.3) is 0 Å². The van der Waals surface area contributed by atoms with Gasteiger partial charge in [0.1, 0.15) is 17.1 Å². The van der Waals surface area contributed by atoms with E-state index in [1.54, 1.807) is 6.26 Å². The van der Waals surface area contributed by atoms with Gasteiger partial charge >= 0.3 is 0 Å². The number of hydrogen-bond donors (Lipinski definition) is 0. The molecule has 2 heterocycles. The Balaban J connectivity index is 1.92. The SMILES string of the molecule is Cc1cc(C(Cl)c2ccc3c(c2)CC(C)(C)O3)co1. The number of halogens is 1. The number of rotatable bonds is 2. The van der Waals surface area contributed by atoms with Crippen molar-refractivity contribution in [2.75, 3.05) is 0 Å². The Labute approximate surface area is 118 Å². The van der Waals surface area contributed by atoms with Gasteiger partial charge in [-0.1, -0.05) is 12.1 Å². The van der Waals surface area contributed by atoms with E-state index < -0.39 is 0 Å². The van der Waals surface area contributed by atoms with Crippen molar-refractivity contribution in [3.63, 3.8) is 0 Å². The van der Waals surface area contributed by atoms with E-state index in [2.05, 4.69) is 19.9 Å². The summed E-state index contributed by atoms with van der Waals surface area (Å²) in [6, 6.07) is 8.16. The molecular formula is C16H17ClO2. The molecule has 1 aromatic carbocycles. The Morgan fingerprint density at radius 1 is 1.21 bits per heavy atom. The first kappa shape index (κ1) is 12.6. The second-order valence-electron chi connectivity index (χ2n) is 5.76. The van der Waals surface area contributed by atoms with E-state index in [0.29, 0.717) is 0 Å². The van der Waals surface area contributed by atoms with Crippen LogP contribution in [0.5, 0.6) is 5.75 Å². The van der Waals surface area contributed by atoms with Crippen LogP contribution in [-0.4, -0.2) is 5.60 Å². The fourth-order valence-electron chi connectivity index (χ4n) is 2.58. The van der Waals surface area contributed by atoms with Gasteiger partial charge in [-0.3, -0.25) is 0 Å². The van der Waals surface area contributed by atoms with E-state index in [4.69, 9.17) is 20.8 Å². The molecule has 1 aliphatic rings. The fraction of sp³-hybridized carbons (Fsp3) is 0.375. The van der Waals surface area contributed by atoms with E-state index in [1.807, 2.05) is 25.1 Å². The maximum Gasteiger partial charge on any atom is 0.123 e. The van der Waals surface area contributed by atoms with Crippen LogP contribution in [0, 0.1) is 6.92 Å². The molecule has 1 unspecified atom stereocenters. The minimum Gasteiger partial charge on any atom is -0.487 e. The Morgan fingerprint density at radius 2 is 2.00 bits per heavy atom. The highest BCUT2D eigenvalue weighted by Crippen LogP contribution is 2.38. The molecular weight excluding hydrogens is 260 g/mol. The van der Waals surface area contributed by atoms with Crippen LogP contribution in [0.15, 0.2) is 34.9 Å². The van der Waals surface area contributed by atoms with Crippen LogP contribution in [-0.2, 0) is 6.42 Å². The van der Waals surface area contributed by atoms with Gasteiger partial charge in [-0.15, -0.1) is 11.6 Å². The van der Waals surface area contributed by atoms with Gasteiger partial charge in [0.05, 0.1) is 11.6 Å². The highest BCUT2D eigenvalue weighted by atomic mass is 35.5. The van der Waals surface area contributed by atoms with Gasteiger partial charge in [-0.25, -0.2) is 0 Å². The second-order valence-corrected chi connectivity index (χ2v) is 6.20. The van der Waals surface area contributed by atoms with Crippen molar-refractivity contribution in [2.24, 2.45) is 0 Å². The van der Waals surface area contributed by atoms with E-state index in [1.165, 1.54) is 5.56 Å². The third-order valence-corrected chi connectivity index (χ3v) is 3.93. The summed E-state index contributed by atoms with van der Waals surface area (Å²) in [6.07, 6.45) is 2.64. The van der Waals surface area contributed by atoms with E-state index in [0.717, 1.165) is 29.1 Å². The second kappa shape index (κ2) is 4.31. The molecule has 2 aromatic rings. The molecule has 2 nitrogen and oxygen atoms in total. The van der Waals surface area contributed by atoms with Crippen LogP contribution in [0.1, 0.15) is 41.7 Å². The van der Waals surface area contributed by atoms with Crippen molar-refractivity contribution in [2.45, 2.75) is 38.2 Å². The highest BCUT2D eigenvalue weighted by molar-refractivity contribution is 6.22. The summed E-state index contributed by atoms with van der Waals surface area (Å²) in [4.78, 5) is 0. The molecule has 1 aliphatic heterocycles. The molecule has 0 N–H and O–H groups in total. The number of furan rings is 1. The molecule has 19 heavy (non-hydrogen) atoms. The number of benzene rings is 1. The zero-order valence-corrected chi connectivity index (χ0v) is 12.1. The first-order valence-electron chi connectivity index (χ1n) is 6.45. The van der Waals surface area contributed by atoms with Gasteiger partial charge in [0, 0.05) is 12.0 Å². The topological polar surface area (TPSA) is 22.4 Å². The predicted molar refractivity (Wildman–Crippen MR) is 76.0 cm³/mol. The highest BCUT2D eigenvalue weighted by Gasteiger charge is 2.30. The maximum atomic E-state index is 6.52. The lowest BCUT2D eigenvalue weighted by atomic mass is 9.98. The zero-order valence-electron chi connectivity index (χ0n) is 11.4. The van der Waals surface area contributed by atoms with Gasteiger partial charge in [0.25, 0.3) is 0 Å². The molecule has 0 saturated heterocycles. The third-order valence-electron chi connectivity index (χ3n) is 3.42. The molecule has 3 rings (SSSR count). The van der Waals surface area contributed by atoms with Gasteiger partial charge < -0.3 is 9.15 Å². The molecule has 0 spiro atoms. The number of ether oxygens (including phenoxy) is 1. The van der Waals surface area contributed by atoms with Crippen molar-refractivity contribution >= 4 is 11.6 Å². The summed E-state index contributed by atoms with van der Waals surface area (Å²) in [6.45, 7) is 6.13. The van der Waals surface area contributed by atoms with E-state index >= 15 is 0 Å². The number of hydrogen-bond acceptors (Lipinski definition) is 2. The van der Waals surface area contributed by atoms with Crippen molar-refractivity contribution < 1.29 is 9.15 Å². The van der Waals surface area contributed by atoms with Crippen molar-refractivity contribution in [3.8, 4) is 5.75 Å². The average molecular weight is 277 g/mol. The number of alkyl halides is 1. The molecule has 1 aromatic heterocycles. The lowest BCUT2D eigenvalue weighted by Crippen LogP contribution is -2.24. The molecule has 3 heteroatoms. The molecule has 0 aliphatic carbocycles. The molecule has 0 amide bonds. The van der Waals surface area contributed by atoms with Crippen LogP contribution in [0.3, 0.4) is 0 Å². The van der Waals surface area contributed by atoms with Crippen molar-refractivity contribution in [1.82, 2.24) is 0 Å². The molecule has 100 valence electrons. The first-order chi connectivity index (χ1) is 8.94. The molecule has 0 fully saturated rings. The quantitative estimate of drug-likeness (QED) is 0.746. The maximum absolute atomic E-state index is 6.52. The standard InChI is InChI=1S/C16H17ClO2/c1-10-6-13(9-18-10)15(17)11-4-5-14-12(7-11)8-16(2,3)19-14/h4-7,9,15H,8H2,1-3H3. The summed E-state index contributed by atoms with van der Waals surface area (Å²) >= 11 is 6.52. The largest absolute Gasteiger partial charge is 0.487 e. The van der Waals surface area contributed by atoms with Crippen LogP contribution < -0.4 is 4.74 Å². The summed E-state index contributed by atoms with van der Waals surface area (Å²) in [5, 5.41) is -0.175. The van der Waals surface area contributed by atoms with E-state index in [-0.39, 0.29) is 11.0 Å². The van der Waals surface area contributed by atoms with Gasteiger partial charge in [-0.05, 0) is 44.0 Å². The number of aryl methyl sites for hydroxylation is 1. The smallest absolute Gasteiger partial charge is 0.123 e. The average Bonchev–Trinajstić information content (AvgIpc) is 2.88. The van der Waals surface area contributed by atoms with E-state index in [9.17, 15) is 0 Å². The Hall–Kier alpha value is -1.41. The summed E-state index contributed by atoms with van der Waals surface area (Å²) in [5.74, 6) is 1.85. The minimum absolute atomic E-state index is 0.116. The van der Waals surface area contributed by atoms with Crippen molar-refractivity contribution in [3.05, 3.63) is 53.0 Å². The fourth-order valence-corrected chi connectivity index (χ4v) is 2.83. The Bertz CT molecular complexity index is 613. The van der Waals surface area contributed by atoms with Crippen LogP contribution in [0.4, 0.5) is 0 Å². The summed E-state index contributed by atoms with van der Waals surface area (Å²) in [5.41, 5.74) is 3.20. The Kier molecular flexibility index (Phi) is 2.86. The summed E-state index contributed by atoms with van der Waals surface area (Å²) < 4.78 is 11.2. The molecule has 0 bridgehead atoms. The Morgan fingerprint density at radius 3 is 2.68 bits per heavy atom. The number of fused-ring (bicyclic) bond motifs is 1. The lowest BCUT2D eigenvalue weighted by molar-refractivity contribution is 0.138. The first-order valence-corrected chi connectivity index (χ1v) is 6.89. The zero-order chi connectivity index (χ0) is 13.6. The third kappa shape index (κ3) is 2.37. The minimum atomic E-state index is -0.175. The lowest BCUT2D eigenvalue weighted by Gasteiger charge is -2.16. The predicted octanol–water partition coefficient (Wildman–Crippen LogP) is 4.63. The van der Waals surface area contributed by atoms with Gasteiger partial charge in [0.2, 0.25) is 0 Å². The van der Waals surface area contributed by atoms with Crippen LogP contribution >= 0.6 is 11.6 Å². The monoisotopic (exact) mass is 276 g/mol. The van der Waals surface area contributed by atoms with Gasteiger partial charge in [0.15, 0.2) is 0 Å². The van der Waals surface area contributed by atoms with Crippen LogP contribution in [0.2, 0.25) is 0 Å². The summed E-state index contributed by atoms with van der Waals surface area (Å²) in [7, 11) is 0. The van der Waals surface area contributed by atoms with Crippen molar-refractivity contribution in [1.29, 1.82) is 0 Å². The van der Waals surface area contributed by atoms with Gasteiger partial charge in [-0.2, -0.15) is 0 Å². The molecule has 0 saturated carbocycles. The normalized spacial score (nSPS) is 17.9. The molecule has 0 radical (unpaired) electrons. The molecule has 1 atom stereocenters.